The first-order valence-corrected chi connectivity index (χ1v) is 16.3. The van der Waals surface area contributed by atoms with E-state index in [1.807, 2.05) is 36.4 Å². The Morgan fingerprint density at radius 2 is 0.971 bits per heavy atom. The van der Waals surface area contributed by atoms with E-state index in [1.165, 1.54) is 12.1 Å². The molecular weight excluding hydrogens is 562 g/mol. The van der Waals surface area contributed by atoms with Crippen LogP contribution in [0.25, 0.3) is 0 Å². The Morgan fingerprint density at radius 3 is 1.38 bits per heavy atom. The van der Waals surface area contributed by atoms with Gasteiger partial charge in [-0.15, -0.1) is 0 Å². The average Bonchev–Trinajstić information content (AvgIpc) is 2.83. The molecule has 0 unspecified atom stereocenters. The van der Waals surface area contributed by atoms with E-state index >= 15 is 0 Å². The van der Waals surface area contributed by atoms with Gasteiger partial charge in [0, 0.05) is 0 Å². The Labute approximate surface area is 207 Å². The van der Waals surface area contributed by atoms with Crippen LogP contribution in [0.15, 0.2) is 97.1 Å². The Hall–Kier alpha value is -3.54. The first-order chi connectivity index (χ1) is 16.5. The van der Waals surface area contributed by atoms with Gasteiger partial charge < -0.3 is 0 Å². The van der Waals surface area contributed by atoms with E-state index in [9.17, 15) is 19.8 Å². The molecule has 0 spiro atoms. The summed E-state index contributed by atoms with van der Waals surface area (Å²) in [5.41, 5.74) is 2.20. The molecule has 0 aliphatic heterocycles. The summed E-state index contributed by atoms with van der Waals surface area (Å²) in [6, 6.07) is 27.7. The van der Waals surface area contributed by atoms with Crippen molar-refractivity contribution in [2.75, 3.05) is 10.6 Å². The number of nitrogens with one attached hydrogen (secondary N) is 2. The summed E-state index contributed by atoms with van der Waals surface area (Å²) in [7, 11) is 0. The molecule has 4 aromatic rings. The molecule has 0 atom stereocenters. The van der Waals surface area contributed by atoms with Crippen molar-refractivity contribution in [2.24, 2.45) is 0 Å². The summed E-state index contributed by atoms with van der Waals surface area (Å²) in [6.07, 6.45) is 0. The molecular formula is C26H20N2O4Se2. The van der Waals surface area contributed by atoms with Gasteiger partial charge in [-0.2, -0.15) is 0 Å². The fourth-order valence-electron chi connectivity index (χ4n) is 3.11. The molecule has 0 aliphatic rings. The number of aromatic hydroxyl groups is 2. The number of hydrogen-bond donors (Lipinski definition) is 4. The quantitative estimate of drug-likeness (QED) is 0.252. The van der Waals surface area contributed by atoms with Crippen LogP contribution in [0.4, 0.5) is 11.4 Å². The van der Waals surface area contributed by atoms with Crippen LogP contribution in [0, 0.1) is 0 Å². The van der Waals surface area contributed by atoms with Crippen LogP contribution in [-0.4, -0.2) is 48.3 Å². The van der Waals surface area contributed by atoms with Gasteiger partial charge in [0.2, 0.25) is 0 Å². The molecule has 0 bridgehead atoms. The van der Waals surface area contributed by atoms with Gasteiger partial charge in [-0.05, 0) is 0 Å². The van der Waals surface area contributed by atoms with Crippen molar-refractivity contribution in [3.63, 3.8) is 0 Å². The second-order valence-electron chi connectivity index (χ2n) is 7.17. The maximum atomic E-state index is 12.9. The summed E-state index contributed by atoms with van der Waals surface area (Å²) in [5, 5.41) is 25.0. The van der Waals surface area contributed by atoms with Crippen LogP contribution < -0.4 is 19.6 Å². The van der Waals surface area contributed by atoms with Crippen molar-refractivity contribution in [2.45, 2.75) is 0 Å². The number of anilines is 2. The number of carbonyl (C=O) groups is 2. The van der Waals surface area contributed by atoms with E-state index in [4.69, 9.17) is 0 Å². The van der Waals surface area contributed by atoms with E-state index in [0.717, 1.165) is 8.92 Å². The summed E-state index contributed by atoms with van der Waals surface area (Å²) in [4.78, 5) is 25.8. The van der Waals surface area contributed by atoms with Crippen molar-refractivity contribution in [1.29, 1.82) is 0 Å². The number of carbonyl (C=O) groups excluding carboxylic acids is 2. The second-order valence-corrected chi connectivity index (χ2v) is 13.3. The molecule has 0 radical (unpaired) electrons. The number of phenols is 2. The molecule has 0 aliphatic carbocycles. The normalized spacial score (nSPS) is 10.5. The molecule has 2 amide bonds. The van der Waals surface area contributed by atoms with Crippen LogP contribution in [0.1, 0.15) is 20.7 Å². The van der Waals surface area contributed by atoms with E-state index in [-0.39, 0.29) is 49.6 Å². The standard InChI is InChI=1S/C26H20N2O4Se2/c29-19-9-5-7-17(15-19)27-25(31)21-11-1-3-13-23(21)33-34-24-14-4-2-12-22(24)26(32)28-18-8-6-10-20(30)16-18/h1-16,29-30H,(H,27,31)(H,28,32). The van der Waals surface area contributed by atoms with E-state index in [2.05, 4.69) is 10.6 Å². The molecule has 34 heavy (non-hydrogen) atoms. The molecule has 4 rings (SSSR count). The zero-order chi connectivity index (χ0) is 23.9. The molecule has 4 N–H and O–H groups in total. The minimum atomic E-state index is -0.242. The molecule has 4 aromatic carbocycles. The van der Waals surface area contributed by atoms with Gasteiger partial charge in [-0.3, -0.25) is 0 Å². The predicted molar refractivity (Wildman–Crippen MR) is 136 cm³/mol. The SMILES string of the molecule is O=C(Nc1cccc(O)c1)c1ccccc1[Se][Se]c1ccccc1C(=O)Nc1cccc(O)c1. The van der Waals surface area contributed by atoms with Crippen molar-refractivity contribution >= 4 is 58.4 Å². The van der Waals surface area contributed by atoms with E-state index < -0.39 is 0 Å². The second kappa shape index (κ2) is 11.1. The van der Waals surface area contributed by atoms with Crippen LogP contribution in [0.2, 0.25) is 0 Å². The third-order valence-corrected chi connectivity index (χ3v) is 11.9. The average molecular weight is 582 g/mol. The van der Waals surface area contributed by atoms with Gasteiger partial charge >= 0.3 is 208 Å². The summed E-state index contributed by atoms with van der Waals surface area (Å²) in [5.74, 6) is -0.318. The Balaban J connectivity index is 1.49. The number of hydrogen-bond acceptors (Lipinski definition) is 4. The third kappa shape index (κ3) is 6.07. The number of benzene rings is 4. The molecule has 0 aromatic heterocycles. The van der Waals surface area contributed by atoms with E-state index in [0.29, 0.717) is 22.5 Å². The minimum absolute atomic E-state index is 0.0544. The molecule has 6 nitrogen and oxygen atoms in total. The van der Waals surface area contributed by atoms with Crippen LogP contribution in [0.5, 0.6) is 11.5 Å². The molecule has 0 fully saturated rings. The van der Waals surface area contributed by atoms with Gasteiger partial charge in [0.15, 0.2) is 0 Å². The zero-order valence-electron chi connectivity index (χ0n) is 17.8. The fraction of sp³-hybridized carbons (Fsp3) is 0. The van der Waals surface area contributed by atoms with Gasteiger partial charge in [0.05, 0.1) is 0 Å². The molecule has 8 heteroatoms. The Morgan fingerprint density at radius 1 is 0.559 bits per heavy atom. The van der Waals surface area contributed by atoms with Crippen molar-refractivity contribution in [1.82, 2.24) is 0 Å². The molecule has 0 heterocycles. The monoisotopic (exact) mass is 584 g/mol. The van der Waals surface area contributed by atoms with Gasteiger partial charge in [-0.25, -0.2) is 0 Å². The first kappa shape index (κ1) is 23.6. The third-order valence-electron chi connectivity index (χ3n) is 4.69. The predicted octanol–water partition coefficient (Wildman–Crippen LogP) is 2.88. The van der Waals surface area contributed by atoms with Crippen LogP contribution >= 0.6 is 0 Å². The van der Waals surface area contributed by atoms with Crippen molar-refractivity contribution in [3.05, 3.63) is 108 Å². The summed E-state index contributed by atoms with van der Waals surface area (Å²) >= 11 is -0.109. The maximum absolute atomic E-state index is 12.9. The van der Waals surface area contributed by atoms with E-state index in [1.54, 1.807) is 48.5 Å². The van der Waals surface area contributed by atoms with Crippen molar-refractivity contribution in [3.8, 4) is 11.5 Å². The van der Waals surface area contributed by atoms with Gasteiger partial charge in [0.25, 0.3) is 0 Å². The Kier molecular flexibility index (Phi) is 7.68. The van der Waals surface area contributed by atoms with Crippen LogP contribution in [0.3, 0.4) is 0 Å². The number of phenolic OH excluding ortho intramolecular Hbond substituents is 2. The fourth-order valence-corrected chi connectivity index (χ4v) is 10.2. The summed E-state index contributed by atoms with van der Waals surface area (Å²) in [6.45, 7) is 0. The first-order valence-electron chi connectivity index (χ1n) is 10.2. The zero-order valence-corrected chi connectivity index (χ0v) is 21.2. The molecule has 170 valence electrons. The Bertz CT molecular complexity index is 1240. The topological polar surface area (TPSA) is 98.7 Å². The molecule has 0 saturated carbocycles. The number of rotatable bonds is 7. The molecule has 0 saturated heterocycles. The van der Waals surface area contributed by atoms with Crippen LogP contribution in [-0.2, 0) is 0 Å². The summed E-state index contributed by atoms with van der Waals surface area (Å²) < 4.78 is 1.88. The van der Waals surface area contributed by atoms with Crippen molar-refractivity contribution < 1.29 is 19.8 Å². The van der Waals surface area contributed by atoms with Gasteiger partial charge in [0.1, 0.15) is 0 Å². The number of amides is 2. The van der Waals surface area contributed by atoms with Gasteiger partial charge in [-0.1, -0.05) is 0 Å².